The second kappa shape index (κ2) is 7.00. The smallest absolute Gasteiger partial charge is 0.234 e. The van der Waals surface area contributed by atoms with E-state index in [1.54, 1.807) is 18.6 Å². The maximum atomic E-state index is 6.22. The highest BCUT2D eigenvalue weighted by Gasteiger charge is 2.25. The Labute approximate surface area is 140 Å². The molecule has 1 unspecified atom stereocenters. The molecule has 6 nitrogen and oxygen atoms in total. The van der Waals surface area contributed by atoms with Gasteiger partial charge in [0.05, 0.1) is 23.5 Å². The molecule has 7 heteroatoms. The van der Waals surface area contributed by atoms with Crippen LogP contribution in [0.4, 0.5) is 11.6 Å². The predicted octanol–water partition coefficient (Wildman–Crippen LogP) is 3.00. The predicted molar refractivity (Wildman–Crippen MR) is 91.3 cm³/mol. The number of nitrogens with one attached hydrogen (secondary N) is 1. The zero-order chi connectivity index (χ0) is 16.2. The van der Waals surface area contributed by atoms with Gasteiger partial charge in [0.1, 0.15) is 11.6 Å². The fourth-order valence-corrected chi connectivity index (χ4v) is 2.85. The van der Waals surface area contributed by atoms with E-state index in [0.717, 1.165) is 31.1 Å². The molecule has 0 aromatic carbocycles. The average molecular weight is 334 g/mol. The van der Waals surface area contributed by atoms with Crippen LogP contribution in [0.5, 0.6) is 5.88 Å². The largest absolute Gasteiger partial charge is 0.474 e. The zero-order valence-corrected chi connectivity index (χ0v) is 14.0. The maximum absolute atomic E-state index is 6.22. The van der Waals surface area contributed by atoms with Crippen LogP contribution >= 0.6 is 11.6 Å². The SMILES string of the molecule is CC(C)Oc1cncc(NC2CCN(c3ncccc3Cl)C2)n1. The van der Waals surface area contributed by atoms with E-state index in [0.29, 0.717) is 10.9 Å². The van der Waals surface area contributed by atoms with E-state index in [1.165, 1.54) is 0 Å². The second-order valence-electron chi connectivity index (χ2n) is 5.79. The molecule has 3 rings (SSSR count). The Kier molecular flexibility index (Phi) is 4.81. The molecule has 0 saturated carbocycles. The fourth-order valence-electron chi connectivity index (χ4n) is 2.61. The minimum atomic E-state index is 0.0767. The summed E-state index contributed by atoms with van der Waals surface area (Å²) in [5, 5.41) is 4.09. The van der Waals surface area contributed by atoms with Gasteiger partial charge in [-0.3, -0.25) is 4.98 Å². The Morgan fingerprint density at radius 3 is 3.04 bits per heavy atom. The molecule has 1 aliphatic heterocycles. The lowest BCUT2D eigenvalue weighted by Crippen LogP contribution is -2.27. The summed E-state index contributed by atoms with van der Waals surface area (Å²) < 4.78 is 5.57. The van der Waals surface area contributed by atoms with Crippen LogP contribution in [0, 0.1) is 0 Å². The average Bonchev–Trinajstić information content (AvgIpc) is 2.95. The molecule has 0 bridgehead atoms. The van der Waals surface area contributed by atoms with Crippen LogP contribution < -0.4 is 15.0 Å². The van der Waals surface area contributed by atoms with E-state index in [9.17, 15) is 0 Å². The molecule has 0 aliphatic carbocycles. The number of hydrogen-bond acceptors (Lipinski definition) is 6. The van der Waals surface area contributed by atoms with E-state index in [2.05, 4.69) is 25.2 Å². The molecule has 122 valence electrons. The lowest BCUT2D eigenvalue weighted by atomic mass is 10.2. The summed E-state index contributed by atoms with van der Waals surface area (Å²) in [5.74, 6) is 2.09. The molecule has 1 N–H and O–H groups in total. The number of anilines is 2. The van der Waals surface area contributed by atoms with E-state index < -0.39 is 0 Å². The van der Waals surface area contributed by atoms with Crippen molar-refractivity contribution in [3.63, 3.8) is 0 Å². The van der Waals surface area contributed by atoms with Crippen molar-refractivity contribution in [1.29, 1.82) is 0 Å². The van der Waals surface area contributed by atoms with Gasteiger partial charge in [-0.2, -0.15) is 4.98 Å². The van der Waals surface area contributed by atoms with Crippen molar-refractivity contribution >= 4 is 23.2 Å². The topological polar surface area (TPSA) is 63.2 Å². The Morgan fingerprint density at radius 1 is 1.39 bits per heavy atom. The van der Waals surface area contributed by atoms with Crippen molar-refractivity contribution in [1.82, 2.24) is 15.0 Å². The van der Waals surface area contributed by atoms with Gasteiger partial charge in [0.2, 0.25) is 5.88 Å². The number of nitrogens with zero attached hydrogens (tertiary/aromatic N) is 4. The number of aromatic nitrogens is 3. The van der Waals surface area contributed by atoms with Gasteiger partial charge in [-0.1, -0.05) is 11.6 Å². The van der Waals surface area contributed by atoms with Crippen molar-refractivity contribution in [2.75, 3.05) is 23.3 Å². The zero-order valence-electron chi connectivity index (χ0n) is 13.2. The number of pyridine rings is 1. The third kappa shape index (κ3) is 4.01. The maximum Gasteiger partial charge on any atom is 0.234 e. The lowest BCUT2D eigenvalue weighted by molar-refractivity contribution is 0.232. The van der Waals surface area contributed by atoms with Crippen molar-refractivity contribution in [3.05, 3.63) is 35.7 Å². The molecule has 0 amide bonds. The summed E-state index contributed by atoms with van der Waals surface area (Å²) in [7, 11) is 0. The van der Waals surface area contributed by atoms with Crippen molar-refractivity contribution < 1.29 is 4.74 Å². The van der Waals surface area contributed by atoms with E-state index >= 15 is 0 Å². The van der Waals surface area contributed by atoms with E-state index in [1.807, 2.05) is 26.0 Å². The van der Waals surface area contributed by atoms with Gasteiger partial charge in [-0.15, -0.1) is 0 Å². The van der Waals surface area contributed by atoms with Crippen LogP contribution in [0.2, 0.25) is 5.02 Å². The van der Waals surface area contributed by atoms with Crippen LogP contribution in [0.3, 0.4) is 0 Å². The molecule has 0 spiro atoms. The first-order valence-electron chi connectivity index (χ1n) is 7.72. The molecule has 0 radical (unpaired) electrons. The molecule has 1 atom stereocenters. The second-order valence-corrected chi connectivity index (χ2v) is 6.20. The Morgan fingerprint density at radius 2 is 2.26 bits per heavy atom. The highest BCUT2D eigenvalue weighted by molar-refractivity contribution is 6.32. The summed E-state index contributed by atoms with van der Waals surface area (Å²) in [4.78, 5) is 15.2. The van der Waals surface area contributed by atoms with Gasteiger partial charge in [-0.25, -0.2) is 4.98 Å². The number of halogens is 1. The quantitative estimate of drug-likeness (QED) is 0.907. The van der Waals surface area contributed by atoms with Gasteiger partial charge in [0.25, 0.3) is 0 Å². The van der Waals surface area contributed by atoms with Crippen molar-refractivity contribution in [3.8, 4) is 5.88 Å². The van der Waals surface area contributed by atoms with Gasteiger partial charge in [-0.05, 0) is 32.4 Å². The molecule has 1 fully saturated rings. The highest BCUT2D eigenvalue weighted by Crippen LogP contribution is 2.26. The third-order valence-electron chi connectivity index (χ3n) is 3.55. The Hall–Kier alpha value is -2.08. The highest BCUT2D eigenvalue weighted by atomic mass is 35.5. The van der Waals surface area contributed by atoms with Gasteiger partial charge in [0.15, 0.2) is 0 Å². The molecule has 23 heavy (non-hydrogen) atoms. The van der Waals surface area contributed by atoms with Gasteiger partial charge >= 0.3 is 0 Å². The normalized spacial score (nSPS) is 17.6. The monoisotopic (exact) mass is 333 g/mol. The molecule has 2 aromatic rings. The Bertz CT molecular complexity index is 666. The summed E-state index contributed by atoms with van der Waals surface area (Å²) >= 11 is 6.22. The summed E-state index contributed by atoms with van der Waals surface area (Å²) in [5.41, 5.74) is 0. The lowest BCUT2D eigenvalue weighted by Gasteiger charge is -2.19. The summed E-state index contributed by atoms with van der Waals surface area (Å²) in [6, 6.07) is 3.98. The minimum absolute atomic E-state index is 0.0767. The third-order valence-corrected chi connectivity index (χ3v) is 3.84. The fraction of sp³-hybridized carbons (Fsp3) is 0.438. The first-order valence-corrected chi connectivity index (χ1v) is 8.10. The summed E-state index contributed by atoms with van der Waals surface area (Å²) in [6.07, 6.45) is 6.17. The first kappa shape index (κ1) is 15.8. The minimum Gasteiger partial charge on any atom is -0.474 e. The molecular formula is C16H20ClN5O. The standard InChI is InChI=1S/C16H20ClN5O/c1-11(2)23-15-9-18-8-14(21-15)20-12-5-7-22(10-12)16-13(17)4-3-6-19-16/h3-4,6,8-9,11-12H,5,7,10H2,1-2H3,(H,20,21). The number of ether oxygens (including phenoxy) is 1. The molecule has 2 aromatic heterocycles. The van der Waals surface area contributed by atoms with Crippen molar-refractivity contribution in [2.45, 2.75) is 32.4 Å². The van der Waals surface area contributed by atoms with Crippen LogP contribution in [0.15, 0.2) is 30.7 Å². The first-order chi connectivity index (χ1) is 11.1. The van der Waals surface area contributed by atoms with Crippen LogP contribution in [0.25, 0.3) is 0 Å². The van der Waals surface area contributed by atoms with Crippen LogP contribution in [0.1, 0.15) is 20.3 Å². The van der Waals surface area contributed by atoms with Gasteiger partial charge < -0.3 is 15.0 Å². The Balaban J connectivity index is 1.63. The summed E-state index contributed by atoms with van der Waals surface area (Å²) in [6.45, 7) is 5.66. The van der Waals surface area contributed by atoms with Gasteiger partial charge in [0, 0.05) is 25.3 Å². The van der Waals surface area contributed by atoms with E-state index in [4.69, 9.17) is 16.3 Å². The molecular weight excluding hydrogens is 314 g/mol. The number of rotatable bonds is 5. The molecule has 1 aliphatic rings. The molecule has 1 saturated heterocycles. The van der Waals surface area contributed by atoms with E-state index in [-0.39, 0.29) is 12.1 Å². The van der Waals surface area contributed by atoms with Crippen molar-refractivity contribution in [2.24, 2.45) is 0 Å². The molecule has 3 heterocycles. The number of hydrogen-bond donors (Lipinski definition) is 1. The van der Waals surface area contributed by atoms with Crippen LogP contribution in [-0.2, 0) is 0 Å². The van der Waals surface area contributed by atoms with Crippen LogP contribution in [-0.4, -0.2) is 40.2 Å².